The van der Waals surface area contributed by atoms with Crippen LogP contribution in [0, 0.1) is 0 Å². The second-order valence-electron chi connectivity index (χ2n) is 0.793. The molecule has 0 aromatic rings. The van der Waals surface area contributed by atoms with E-state index in [0.717, 1.165) is 6.26 Å². The van der Waals surface area contributed by atoms with Crippen LogP contribution in [-0.4, -0.2) is 11.7 Å². The first-order chi connectivity index (χ1) is 2.91. The normalized spacial score (nSPS) is 10.2. The van der Waals surface area contributed by atoms with Crippen molar-refractivity contribution in [1.82, 2.24) is 5.43 Å². The summed E-state index contributed by atoms with van der Waals surface area (Å²) in [6.07, 6.45) is 2.44. The molecule has 0 unspecified atom stereocenters. The highest BCUT2D eigenvalue weighted by atomic mass is 16.2. The molecule has 0 bridgehead atoms. The molecular formula is C3H8N2O. The summed E-state index contributed by atoms with van der Waals surface area (Å²) in [5.74, 6) is 4.80. The van der Waals surface area contributed by atoms with Crippen molar-refractivity contribution in [3.8, 4) is 0 Å². The third-order valence-corrected chi connectivity index (χ3v) is 0.341. The monoisotopic (exact) mass is 88.1 g/mol. The molecule has 0 fully saturated rings. The predicted molar refractivity (Wildman–Crippen MR) is 24.0 cm³/mol. The van der Waals surface area contributed by atoms with E-state index in [1.165, 1.54) is 6.08 Å². The van der Waals surface area contributed by atoms with E-state index >= 15 is 0 Å². The van der Waals surface area contributed by atoms with E-state index in [4.69, 9.17) is 10.9 Å². The molecule has 0 aliphatic heterocycles. The van der Waals surface area contributed by atoms with Gasteiger partial charge in [-0.1, -0.05) is 0 Å². The fourth-order valence-corrected chi connectivity index (χ4v) is 0.121. The average Bonchev–Trinajstić information content (AvgIpc) is 1.61. The summed E-state index contributed by atoms with van der Waals surface area (Å²) in [6.45, 7) is 0.510. The molecule has 0 aliphatic rings. The summed E-state index contributed by atoms with van der Waals surface area (Å²) >= 11 is 0. The van der Waals surface area contributed by atoms with Crippen LogP contribution in [0.15, 0.2) is 12.3 Å². The van der Waals surface area contributed by atoms with E-state index in [2.05, 4.69) is 5.43 Å². The lowest BCUT2D eigenvalue weighted by atomic mass is 10.6. The number of aliphatic hydroxyl groups excluding tert-OH is 1. The van der Waals surface area contributed by atoms with Gasteiger partial charge in [0.25, 0.3) is 0 Å². The number of rotatable bonds is 2. The average molecular weight is 88.1 g/mol. The first-order valence-electron chi connectivity index (χ1n) is 1.64. The third-order valence-electron chi connectivity index (χ3n) is 0.341. The molecule has 0 aromatic carbocycles. The van der Waals surface area contributed by atoms with Gasteiger partial charge in [0.1, 0.15) is 0 Å². The van der Waals surface area contributed by atoms with Crippen molar-refractivity contribution in [3.05, 3.63) is 12.3 Å². The van der Waals surface area contributed by atoms with Crippen LogP contribution in [0.25, 0.3) is 0 Å². The summed E-state index contributed by atoms with van der Waals surface area (Å²) < 4.78 is 0. The Morgan fingerprint density at radius 2 is 2.50 bits per heavy atom. The summed E-state index contributed by atoms with van der Waals surface area (Å²) in [5, 5.41) is 7.92. The third kappa shape index (κ3) is 3.46. The zero-order chi connectivity index (χ0) is 4.83. The van der Waals surface area contributed by atoms with Gasteiger partial charge in [0.05, 0.1) is 6.26 Å². The Morgan fingerprint density at radius 1 is 1.83 bits per heavy atom. The molecule has 6 heavy (non-hydrogen) atoms. The standard InChI is InChI=1S/C3H8N2O/c4-5-2-1-3-6/h1,3,5-6H,2,4H2. The molecule has 0 aromatic heterocycles. The van der Waals surface area contributed by atoms with Gasteiger partial charge in [0, 0.05) is 6.54 Å². The minimum Gasteiger partial charge on any atom is -0.516 e. The second kappa shape index (κ2) is 4.46. The van der Waals surface area contributed by atoms with Crippen LogP contribution < -0.4 is 11.3 Å². The van der Waals surface area contributed by atoms with Gasteiger partial charge >= 0.3 is 0 Å². The first-order valence-corrected chi connectivity index (χ1v) is 1.64. The van der Waals surface area contributed by atoms with Crippen LogP contribution in [-0.2, 0) is 0 Å². The number of hydrogen-bond donors (Lipinski definition) is 3. The van der Waals surface area contributed by atoms with Crippen LogP contribution in [0.1, 0.15) is 0 Å². The van der Waals surface area contributed by atoms with Crippen molar-refractivity contribution >= 4 is 0 Å². The molecule has 4 N–H and O–H groups in total. The highest BCUT2D eigenvalue weighted by Crippen LogP contribution is 1.56. The van der Waals surface area contributed by atoms with Crippen LogP contribution in [0.4, 0.5) is 0 Å². The number of nitrogens with two attached hydrogens (primary N) is 1. The van der Waals surface area contributed by atoms with E-state index in [9.17, 15) is 0 Å². The largest absolute Gasteiger partial charge is 0.516 e. The molecule has 0 spiro atoms. The Balaban J connectivity index is 2.66. The fourth-order valence-electron chi connectivity index (χ4n) is 0.121. The van der Waals surface area contributed by atoms with Crippen LogP contribution in [0.5, 0.6) is 0 Å². The Bertz CT molecular complexity index is 44.1. The second-order valence-corrected chi connectivity index (χ2v) is 0.793. The van der Waals surface area contributed by atoms with Crippen LogP contribution in [0.3, 0.4) is 0 Å². The molecule has 36 valence electrons. The van der Waals surface area contributed by atoms with Crippen LogP contribution in [0.2, 0.25) is 0 Å². The van der Waals surface area contributed by atoms with Crippen molar-refractivity contribution in [1.29, 1.82) is 0 Å². The summed E-state index contributed by atoms with van der Waals surface area (Å²) in [5.41, 5.74) is 2.32. The van der Waals surface area contributed by atoms with Crippen LogP contribution >= 0.6 is 0 Å². The molecule has 3 nitrogen and oxygen atoms in total. The maximum Gasteiger partial charge on any atom is 0.0765 e. The lowest BCUT2D eigenvalue weighted by Crippen LogP contribution is -2.21. The summed E-state index contributed by atoms with van der Waals surface area (Å²) in [7, 11) is 0. The highest BCUT2D eigenvalue weighted by molar-refractivity contribution is 4.72. The lowest BCUT2D eigenvalue weighted by Gasteiger charge is -1.81. The quantitative estimate of drug-likeness (QED) is 0.243. The number of hydrogen-bond acceptors (Lipinski definition) is 3. The van der Waals surface area contributed by atoms with Gasteiger partial charge in [0.2, 0.25) is 0 Å². The molecule has 0 saturated carbocycles. The van der Waals surface area contributed by atoms with E-state index in [1.807, 2.05) is 0 Å². The summed E-state index contributed by atoms with van der Waals surface area (Å²) in [4.78, 5) is 0. The zero-order valence-electron chi connectivity index (χ0n) is 3.39. The first kappa shape index (κ1) is 5.46. The molecule has 0 radical (unpaired) electrons. The Kier molecular flexibility index (Phi) is 4.06. The predicted octanol–water partition coefficient (Wildman–Crippen LogP) is -0.479. The van der Waals surface area contributed by atoms with Gasteiger partial charge < -0.3 is 5.11 Å². The van der Waals surface area contributed by atoms with E-state index in [0.29, 0.717) is 6.54 Å². The molecule has 0 rings (SSSR count). The van der Waals surface area contributed by atoms with Gasteiger partial charge in [-0.2, -0.15) is 0 Å². The maximum atomic E-state index is 7.92. The molecule has 0 atom stereocenters. The smallest absolute Gasteiger partial charge is 0.0765 e. The van der Waals surface area contributed by atoms with E-state index in [-0.39, 0.29) is 0 Å². The molecule has 0 amide bonds. The van der Waals surface area contributed by atoms with Gasteiger partial charge in [-0.05, 0) is 6.08 Å². The minimum absolute atomic E-state index is 0.510. The van der Waals surface area contributed by atoms with Crippen molar-refractivity contribution in [2.75, 3.05) is 6.54 Å². The van der Waals surface area contributed by atoms with Gasteiger partial charge in [0.15, 0.2) is 0 Å². The lowest BCUT2D eigenvalue weighted by molar-refractivity contribution is 0.470. The van der Waals surface area contributed by atoms with E-state index in [1.54, 1.807) is 0 Å². The maximum absolute atomic E-state index is 7.92. The van der Waals surface area contributed by atoms with Crippen molar-refractivity contribution in [2.24, 2.45) is 5.84 Å². The Labute approximate surface area is 36.4 Å². The number of nitrogens with one attached hydrogen (secondary N) is 1. The van der Waals surface area contributed by atoms with Gasteiger partial charge in [-0.15, -0.1) is 0 Å². The number of hydrazine groups is 1. The number of aliphatic hydroxyl groups is 1. The van der Waals surface area contributed by atoms with Crippen molar-refractivity contribution < 1.29 is 5.11 Å². The van der Waals surface area contributed by atoms with Gasteiger partial charge in [-0.25, -0.2) is 0 Å². The molecule has 0 saturated heterocycles. The molecule has 0 aliphatic carbocycles. The van der Waals surface area contributed by atoms with Crippen molar-refractivity contribution in [2.45, 2.75) is 0 Å². The highest BCUT2D eigenvalue weighted by Gasteiger charge is 1.62. The SMILES string of the molecule is NNCC=CO. The zero-order valence-corrected chi connectivity index (χ0v) is 3.39. The van der Waals surface area contributed by atoms with E-state index < -0.39 is 0 Å². The Hall–Kier alpha value is -0.540. The summed E-state index contributed by atoms with van der Waals surface area (Å²) in [6, 6.07) is 0. The minimum atomic E-state index is 0.510. The molecular weight excluding hydrogens is 80.0 g/mol. The fraction of sp³-hybridized carbons (Fsp3) is 0.333. The molecule has 0 heterocycles. The van der Waals surface area contributed by atoms with Crippen molar-refractivity contribution in [3.63, 3.8) is 0 Å². The molecule has 3 heteroatoms. The van der Waals surface area contributed by atoms with Gasteiger partial charge in [-0.3, -0.25) is 11.3 Å². The topological polar surface area (TPSA) is 58.3 Å². The Morgan fingerprint density at radius 3 is 2.67 bits per heavy atom.